The van der Waals surface area contributed by atoms with Crippen LogP contribution in [0.15, 0.2) is 23.8 Å². The largest absolute Gasteiger partial charge is 0.206 e. The highest BCUT2D eigenvalue weighted by Crippen LogP contribution is 2.20. The third kappa shape index (κ3) is 3.03. The lowest BCUT2D eigenvalue weighted by Crippen LogP contribution is -1.97. The van der Waals surface area contributed by atoms with Gasteiger partial charge in [-0.1, -0.05) is 25.5 Å². The predicted molar refractivity (Wildman–Crippen MR) is 59.9 cm³/mol. The molecule has 0 N–H and O–H groups in total. The van der Waals surface area contributed by atoms with E-state index in [2.05, 4.69) is 0 Å². The number of allylic oxidation sites excluding steroid dienone is 1. The maximum Gasteiger partial charge on any atom is 0.133 e. The van der Waals surface area contributed by atoms with E-state index in [0.717, 1.165) is 5.57 Å². The summed E-state index contributed by atoms with van der Waals surface area (Å²) in [6.07, 6.45) is 1.49. The Labute approximate surface area is 93.6 Å². The van der Waals surface area contributed by atoms with E-state index in [1.165, 1.54) is 24.3 Å². The lowest BCUT2D eigenvalue weighted by Gasteiger charge is -2.08. The average molecular weight is 231 g/mol. The molecule has 0 aliphatic heterocycles. The molecule has 15 heavy (non-hydrogen) atoms. The van der Waals surface area contributed by atoms with Crippen LogP contribution in [0.3, 0.4) is 0 Å². The maximum absolute atomic E-state index is 13.3. The molecule has 1 aromatic carbocycles. The van der Waals surface area contributed by atoms with Crippen LogP contribution in [0.1, 0.15) is 19.4 Å². The summed E-state index contributed by atoms with van der Waals surface area (Å²) in [7, 11) is 0. The Morgan fingerprint density at radius 1 is 1.33 bits per heavy atom. The third-order valence-electron chi connectivity index (χ3n) is 2.23. The monoisotopic (exact) mass is 230 g/mol. The maximum atomic E-state index is 13.3. The van der Waals surface area contributed by atoms with Gasteiger partial charge in [-0.2, -0.15) is 0 Å². The number of hydrogen-bond donors (Lipinski definition) is 0. The molecule has 0 amide bonds. The highest BCUT2D eigenvalue weighted by Gasteiger charge is 2.08. The Morgan fingerprint density at radius 2 is 1.87 bits per heavy atom. The van der Waals surface area contributed by atoms with Crippen LogP contribution in [0.5, 0.6) is 0 Å². The fourth-order valence-corrected chi connectivity index (χ4v) is 1.58. The van der Waals surface area contributed by atoms with E-state index >= 15 is 0 Å². The minimum Gasteiger partial charge on any atom is -0.206 e. The molecule has 0 heterocycles. The molecule has 0 bridgehead atoms. The first-order valence-electron chi connectivity index (χ1n) is 4.76. The van der Waals surface area contributed by atoms with Crippen molar-refractivity contribution in [3.05, 3.63) is 41.0 Å². The van der Waals surface area contributed by atoms with Crippen LogP contribution in [0, 0.1) is 17.6 Å². The fourth-order valence-electron chi connectivity index (χ4n) is 1.19. The van der Waals surface area contributed by atoms with Crippen molar-refractivity contribution in [2.75, 3.05) is 5.88 Å². The molecule has 0 atom stereocenters. The van der Waals surface area contributed by atoms with Crippen molar-refractivity contribution in [1.29, 1.82) is 0 Å². The van der Waals surface area contributed by atoms with E-state index in [-0.39, 0.29) is 17.4 Å². The minimum atomic E-state index is -0.557. The second-order valence-electron chi connectivity index (χ2n) is 3.64. The van der Waals surface area contributed by atoms with Crippen LogP contribution in [-0.4, -0.2) is 5.88 Å². The molecule has 0 spiro atoms. The zero-order chi connectivity index (χ0) is 11.4. The molecule has 0 saturated carbocycles. The topological polar surface area (TPSA) is 0 Å². The summed E-state index contributed by atoms with van der Waals surface area (Å²) in [4.78, 5) is 0. The molecule has 0 radical (unpaired) electrons. The van der Waals surface area contributed by atoms with E-state index in [1.54, 1.807) is 0 Å². The van der Waals surface area contributed by atoms with Crippen LogP contribution < -0.4 is 0 Å². The Balaban J connectivity index is 3.16. The van der Waals surface area contributed by atoms with Gasteiger partial charge in [0.1, 0.15) is 11.6 Å². The normalized spacial score (nSPS) is 12.3. The van der Waals surface area contributed by atoms with E-state index in [1.807, 2.05) is 13.8 Å². The van der Waals surface area contributed by atoms with Gasteiger partial charge in [0.15, 0.2) is 0 Å². The molecule has 3 heteroatoms. The van der Waals surface area contributed by atoms with E-state index < -0.39 is 11.6 Å². The quantitative estimate of drug-likeness (QED) is 0.682. The SMILES string of the molecule is CC(C)C(=Cc1c(F)cccc1F)CCl. The Morgan fingerprint density at radius 3 is 2.27 bits per heavy atom. The van der Waals surface area contributed by atoms with Gasteiger partial charge < -0.3 is 0 Å². The van der Waals surface area contributed by atoms with Gasteiger partial charge >= 0.3 is 0 Å². The van der Waals surface area contributed by atoms with Crippen molar-refractivity contribution in [2.45, 2.75) is 13.8 Å². The van der Waals surface area contributed by atoms with Gasteiger partial charge in [0, 0.05) is 11.4 Å². The van der Waals surface area contributed by atoms with Crippen molar-refractivity contribution < 1.29 is 8.78 Å². The minimum absolute atomic E-state index is 0.0122. The smallest absolute Gasteiger partial charge is 0.133 e. The standard InChI is InChI=1S/C12H13ClF2/c1-8(2)9(7-13)6-10-11(14)4-3-5-12(10)15/h3-6,8H,7H2,1-2H3. The number of halogens is 3. The zero-order valence-corrected chi connectivity index (χ0v) is 9.48. The van der Waals surface area contributed by atoms with Crippen molar-refractivity contribution >= 4 is 17.7 Å². The summed E-state index contributed by atoms with van der Waals surface area (Å²) < 4.78 is 26.6. The lowest BCUT2D eigenvalue weighted by molar-refractivity contribution is 0.578. The summed E-state index contributed by atoms with van der Waals surface area (Å²) in [6, 6.07) is 3.82. The van der Waals surface area contributed by atoms with E-state index in [9.17, 15) is 8.78 Å². The molecular weight excluding hydrogens is 218 g/mol. The first kappa shape index (κ1) is 12.2. The molecule has 0 nitrogen and oxygen atoms in total. The van der Waals surface area contributed by atoms with Gasteiger partial charge in [-0.25, -0.2) is 8.78 Å². The Bertz CT molecular complexity index is 350. The summed E-state index contributed by atoms with van der Waals surface area (Å²) in [5, 5.41) is 0. The zero-order valence-electron chi connectivity index (χ0n) is 8.73. The van der Waals surface area contributed by atoms with Crippen LogP contribution >= 0.6 is 11.6 Å². The molecule has 1 rings (SSSR count). The fraction of sp³-hybridized carbons (Fsp3) is 0.333. The first-order valence-corrected chi connectivity index (χ1v) is 5.30. The molecule has 1 aromatic rings. The molecule has 0 unspecified atom stereocenters. The number of hydrogen-bond acceptors (Lipinski definition) is 0. The van der Waals surface area contributed by atoms with Gasteiger partial charge in [-0.15, -0.1) is 11.6 Å². The highest BCUT2D eigenvalue weighted by molar-refractivity contribution is 6.19. The average Bonchev–Trinajstić information content (AvgIpc) is 2.17. The van der Waals surface area contributed by atoms with Crippen molar-refractivity contribution in [3.8, 4) is 0 Å². The van der Waals surface area contributed by atoms with Crippen LogP contribution in [0.4, 0.5) is 8.78 Å². The van der Waals surface area contributed by atoms with Gasteiger partial charge in [-0.05, 0) is 24.1 Å². The second-order valence-corrected chi connectivity index (χ2v) is 3.91. The molecule has 82 valence electrons. The first-order chi connectivity index (χ1) is 7.06. The van der Waals surface area contributed by atoms with Crippen molar-refractivity contribution in [1.82, 2.24) is 0 Å². The second kappa shape index (κ2) is 5.26. The van der Waals surface area contributed by atoms with E-state index in [4.69, 9.17) is 11.6 Å². The van der Waals surface area contributed by atoms with Gasteiger partial charge in [0.05, 0.1) is 0 Å². The summed E-state index contributed by atoms with van der Waals surface area (Å²) in [5.74, 6) is -0.649. The molecule has 0 saturated heterocycles. The molecule has 0 aromatic heterocycles. The van der Waals surface area contributed by atoms with Crippen LogP contribution in [-0.2, 0) is 0 Å². The van der Waals surface area contributed by atoms with E-state index in [0.29, 0.717) is 0 Å². The van der Waals surface area contributed by atoms with Gasteiger partial charge in [-0.3, -0.25) is 0 Å². The van der Waals surface area contributed by atoms with Crippen molar-refractivity contribution in [2.24, 2.45) is 5.92 Å². The third-order valence-corrected chi connectivity index (χ3v) is 2.53. The Hall–Kier alpha value is -0.890. The Kier molecular flexibility index (Phi) is 4.28. The van der Waals surface area contributed by atoms with Crippen molar-refractivity contribution in [3.63, 3.8) is 0 Å². The number of alkyl halides is 1. The molecular formula is C12H13ClF2. The predicted octanol–water partition coefficient (Wildman–Crippen LogP) is 4.24. The van der Waals surface area contributed by atoms with Crippen LogP contribution in [0.25, 0.3) is 6.08 Å². The number of benzene rings is 1. The van der Waals surface area contributed by atoms with Gasteiger partial charge in [0.25, 0.3) is 0 Å². The molecule has 0 fully saturated rings. The van der Waals surface area contributed by atoms with Crippen LogP contribution in [0.2, 0.25) is 0 Å². The summed E-state index contributed by atoms with van der Waals surface area (Å²) in [5.41, 5.74) is 0.808. The number of rotatable bonds is 3. The highest BCUT2D eigenvalue weighted by atomic mass is 35.5. The van der Waals surface area contributed by atoms with Gasteiger partial charge in [0.2, 0.25) is 0 Å². The lowest BCUT2D eigenvalue weighted by atomic mass is 10.0. The summed E-state index contributed by atoms with van der Waals surface area (Å²) in [6.45, 7) is 3.87. The molecule has 0 aliphatic carbocycles. The molecule has 0 aliphatic rings. The summed E-state index contributed by atoms with van der Waals surface area (Å²) >= 11 is 5.70.